The Labute approximate surface area is 438 Å². The summed E-state index contributed by atoms with van der Waals surface area (Å²) in [4.78, 5) is 10.6. The van der Waals surface area contributed by atoms with Gasteiger partial charge in [0.1, 0.15) is 0 Å². The highest BCUT2D eigenvalue weighted by atomic mass is 15.0. The SMILES string of the molecule is c1ccc2c(c1)-c1cccnc1C21c2ccccc2-c2ccc3c(c21)c1ccccc1n3-c1ccc(-c2ccc(-n3c4ccccc4c4c5c(ccc43)-c3ccccc3C53c4ccccc4-c4cccnc43)cc2)cc1. The van der Waals surface area contributed by atoms with Crippen LogP contribution in [-0.4, -0.2) is 19.1 Å². The third-order valence-electron chi connectivity index (χ3n) is 17.8. The molecule has 350 valence electrons. The molecule has 4 heterocycles. The summed E-state index contributed by atoms with van der Waals surface area (Å²) in [5.41, 5.74) is 28.4. The van der Waals surface area contributed by atoms with Crippen molar-refractivity contribution in [2.24, 2.45) is 0 Å². The Bertz CT molecular complexity index is 4440. The molecule has 0 fully saturated rings. The van der Waals surface area contributed by atoms with Crippen LogP contribution in [0.15, 0.2) is 255 Å². The number of para-hydroxylation sites is 2. The second kappa shape index (κ2) is 14.4. The molecule has 0 aliphatic heterocycles. The molecule has 0 radical (unpaired) electrons. The highest BCUT2D eigenvalue weighted by Gasteiger charge is 2.55. The average molecular weight is 963 g/mol. The molecule has 4 aliphatic carbocycles. The average Bonchev–Trinajstić information content (AvgIpc) is 3.68. The quantitative estimate of drug-likeness (QED) is 0.177. The maximum Gasteiger partial charge on any atom is 0.0904 e. The van der Waals surface area contributed by atoms with Crippen LogP contribution in [0.5, 0.6) is 0 Å². The summed E-state index contributed by atoms with van der Waals surface area (Å²) in [5, 5.41) is 5.04. The number of benzene rings is 10. The molecule has 4 aliphatic rings. The van der Waals surface area contributed by atoms with Gasteiger partial charge >= 0.3 is 0 Å². The van der Waals surface area contributed by atoms with E-state index in [1.54, 1.807) is 0 Å². The summed E-state index contributed by atoms with van der Waals surface area (Å²) >= 11 is 0. The first-order valence-electron chi connectivity index (χ1n) is 26.4. The van der Waals surface area contributed by atoms with Crippen molar-refractivity contribution in [3.63, 3.8) is 0 Å². The Hall–Kier alpha value is -9.90. The first-order valence-corrected chi connectivity index (χ1v) is 26.4. The molecule has 4 aromatic heterocycles. The molecule has 18 rings (SSSR count). The van der Waals surface area contributed by atoms with E-state index in [9.17, 15) is 0 Å². The summed E-state index contributed by atoms with van der Waals surface area (Å²) < 4.78 is 4.93. The van der Waals surface area contributed by atoms with E-state index in [0.29, 0.717) is 0 Å². The van der Waals surface area contributed by atoms with Crippen molar-refractivity contribution in [2.75, 3.05) is 0 Å². The number of hydrogen-bond donors (Lipinski definition) is 0. The molecule has 4 heteroatoms. The molecule has 14 aromatic rings. The van der Waals surface area contributed by atoms with E-state index in [0.717, 1.165) is 22.8 Å². The monoisotopic (exact) mass is 962 g/mol. The molecule has 76 heavy (non-hydrogen) atoms. The van der Waals surface area contributed by atoms with Crippen molar-refractivity contribution >= 4 is 43.6 Å². The molecule has 0 amide bonds. The predicted molar refractivity (Wildman–Crippen MR) is 309 cm³/mol. The van der Waals surface area contributed by atoms with Crippen molar-refractivity contribution in [2.45, 2.75) is 10.8 Å². The van der Waals surface area contributed by atoms with Crippen molar-refractivity contribution in [3.8, 4) is 67.0 Å². The molecule has 4 nitrogen and oxygen atoms in total. The zero-order chi connectivity index (χ0) is 49.4. The van der Waals surface area contributed by atoms with E-state index >= 15 is 0 Å². The second-order valence-electron chi connectivity index (χ2n) is 21.0. The van der Waals surface area contributed by atoms with E-state index in [1.807, 2.05) is 12.4 Å². The Morgan fingerprint density at radius 2 is 0.605 bits per heavy atom. The normalized spacial score (nSPS) is 16.8. The lowest BCUT2D eigenvalue weighted by Gasteiger charge is -2.30. The van der Waals surface area contributed by atoms with E-state index in [4.69, 9.17) is 9.97 Å². The maximum atomic E-state index is 5.28. The summed E-state index contributed by atoms with van der Waals surface area (Å²) in [7, 11) is 0. The van der Waals surface area contributed by atoms with Crippen LogP contribution in [-0.2, 0) is 10.8 Å². The largest absolute Gasteiger partial charge is 0.309 e. The van der Waals surface area contributed by atoms with Gasteiger partial charge in [0, 0.05) is 56.4 Å². The van der Waals surface area contributed by atoms with Crippen LogP contribution >= 0.6 is 0 Å². The molecule has 0 saturated carbocycles. The molecular formula is C72H42N4. The van der Waals surface area contributed by atoms with Gasteiger partial charge in [0.15, 0.2) is 0 Å². The summed E-state index contributed by atoms with van der Waals surface area (Å²) in [6, 6.07) is 90.3. The molecule has 0 N–H and O–H groups in total. The van der Waals surface area contributed by atoms with Crippen LogP contribution in [0.25, 0.3) is 111 Å². The van der Waals surface area contributed by atoms with E-state index < -0.39 is 10.8 Å². The molecule has 2 spiro atoms. The number of aromatic nitrogens is 4. The van der Waals surface area contributed by atoms with Gasteiger partial charge in [0.25, 0.3) is 0 Å². The topological polar surface area (TPSA) is 35.6 Å². The molecule has 2 unspecified atom stereocenters. The van der Waals surface area contributed by atoms with Crippen LogP contribution in [0.3, 0.4) is 0 Å². The molecule has 0 bridgehead atoms. The van der Waals surface area contributed by atoms with Crippen molar-refractivity contribution in [3.05, 3.63) is 300 Å². The molecule has 2 atom stereocenters. The van der Waals surface area contributed by atoms with Crippen molar-refractivity contribution in [1.29, 1.82) is 0 Å². The Morgan fingerprint density at radius 1 is 0.263 bits per heavy atom. The third-order valence-corrected chi connectivity index (χ3v) is 17.8. The van der Waals surface area contributed by atoms with Crippen LogP contribution in [0.4, 0.5) is 0 Å². The fourth-order valence-corrected chi connectivity index (χ4v) is 15.1. The van der Waals surface area contributed by atoms with Gasteiger partial charge in [0.2, 0.25) is 0 Å². The lowest BCUT2D eigenvalue weighted by Crippen LogP contribution is -2.27. The van der Waals surface area contributed by atoms with Gasteiger partial charge in [-0.05, 0) is 139 Å². The number of hydrogen-bond acceptors (Lipinski definition) is 2. The zero-order valence-corrected chi connectivity index (χ0v) is 41.0. The Morgan fingerprint density at radius 3 is 1.01 bits per heavy atom. The van der Waals surface area contributed by atoms with Gasteiger partial charge in [-0.2, -0.15) is 0 Å². The minimum Gasteiger partial charge on any atom is -0.309 e. The number of nitrogens with zero attached hydrogens (tertiary/aromatic N) is 4. The van der Waals surface area contributed by atoms with Gasteiger partial charge in [-0.1, -0.05) is 182 Å². The van der Waals surface area contributed by atoms with E-state index in [2.05, 4.69) is 252 Å². The fraction of sp³-hybridized carbons (Fsp3) is 0.0278. The summed E-state index contributed by atoms with van der Waals surface area (Å²) in [6.07, 6.45) is 3.95. The van der Waals surface area contributed by atoms with Crippen molar-refractivity contribution < 1.29 is 0 Å². The smallest absolute Gasteiger partial charge is 0.0904 e. The van der Waals surface area contributed by atoms with Crippen LogP contribution < -0.4 is 0 Å². The Balaban J connectivity index is 0.777. The highest BCUT2D eigenvalue weighted by Crippen LogP contribution is 2.66. The van der Waals surface area contributed by atoms with Crippen LogP contribution in [0.2, 0.25) is 0 Å². The summed E-state index contributed by atoms with van der Waals surface area (Å²) in [5.74, 6) is 0. The number of fused-ring (bicyclic) bond motifs is 28. The second-order valence-corrected chi connectivity index (χ2v) is 21.0. The lowest BCUT2D eigenvalue weighted by atomic mass is 9.71. The third kappa shape index (κ3) is 4.74. The molecular weight excluding hydrogens is 921 g/mol. The maximum absolute atomic E-state index is 5.28. The molecule has 10 aromatic carbocycles. The zero-order valence-electron chi connectivity index (χ0n) is 41.0. The first kappa shape index (κ1) is 40.6. The highest BCUT2D eigenvalue weighted by molar-refractivity contribution is 6.18. The predicted octanol–water partition coefficient (Wildman–Crippen LogP) is 17.0. The van der Waals surface area contributed by atoms with Gasteiger partial charge in [-0.15, -0.1) is 0 Å². The van der Waals surface area contributed by atoms with Crippen LogP contribution in [0, 0.1) is 0 Å². The fourth-order valence-electron chi connectivity index (χ4n) is 15.1. The van der Waals surface area contributed by atoms with Crippen molar-refractivity contribution in [1.82, 2.24) is 19.1 Å². The number of pyridine rings is 2. The first-order chi connectivity index (χ1) is 37.7. The minimum atomic E-state index is -0.553. The van der Waals surface area contributed by atoms with Gasteiger partial charge < -0.3 is 9.13 Å². The van der Waals surface area contributed by atoms with Gasteiger partial charge in [0.05, 0.1) is 44.3 Å². The van der Waals surface area contributed by atoms with Gasteiger partial charge in [-0.25, -0.2) is 0 Å². The van der Waals surface area contributed by atoms with E-state index in [-0.39, 0.29) is 0 Å². The minimum absolute atomic E-state index is 0.553. The van der Waals surface area contributed by atoms with Crippen LogP contribution in [0.1, 0.15) is 44.8 Å². The summed E-state index contributed by atoms with van der Waals surface area (Å²) in [6.45, 7) is 0. The molecule has 0 saturated heterocycles. The standard InChI is InChI=1S/C72H42N4/c1-7-23-57-47(15-1)51-37-39-63-65(67(51)71(57)59-25-9-3-17-49(59)53-21-13-41-73-69(53)71)55-19-5-11-27-61(55)75(63)45-33-29-43(30-34-45)44-31-35-46(36-32-44)76-62-28-12-6-20-56(62)66-64(76)40-38-52-48-16-2-8-24-58(48)72(68(52)66)60-26-10-4-18-50(60)54-22-14-42-74-70(54)72/h1-42H. The van der Waals surface area contributed by atoms with Gasteiger partial charge in [-0.3, -0.25) is 9.97 Å². The van der Waals surface area contributed by atoms with E-state index in [1.165, 1.54) is 133 Å². The lowest BCUT2D eigenvalue weighted by molar-refractivity contribution is 0.767. The Kier molecular flexibility index (Phi) is 7.71. The number of rotatable bonds is 3.